The molecule has 1 aromatic rings. The topological polar surface area (TPSA) is 271 Å². The van der Waals surface area contributed by atoms with Gasteiger partial charge in [0.15, 0.2) is 0 Å². The monoisotopic (exact) mass is 783 g/mol. The minimum atomic E-state index is -5.75. The molecule has 3 rings (SSSR count). The van der Waals surface area contributed by atoms with E-state index in [-0.39, 0.29) is 30.6 Å². The fourth-order valence-electron chi connectivity index (χ4n) is 4.52. The number of hydrogen-bond donors (Lipinski definition) is 6. The first-order valence-electron chi connectivity index (χ1n) is 14.5. The van der Waals surface area contributed by atoms with Gasteiger partial charge in [0.2, 0.25) is 0 Å². The predicted molar refractivity (Wildman–Crippen MR) is 174 cm³/mol. The number of allylic oxidation sites excluding steroid dienone is 2. The third-order valence-corrected chi connectivity index (χ3v) is 13.5. The molecule has 48 heavy (non-hydrogen) atoms. The number of phosphoric acid groups is 3. The summed E-state index contributed by atoms with van der Waals surface area (Å²) in [5.74, 6) is 0.0280. The molecule has 2 aliphatic rings. The molecule has 1 saturated heterocycles. The van der Waals surface area contributed by atoms with Gasteiger partial charge in [0.1, 0.15) is 24.4 Å². The first-order chi connectivity index (χ1) is 22.2. The normalized spacial score (nSPS) is 25.3. The van der Waals surface area contributed by atoms with Gasteiger partial charge in [-0.3, -0.25) is 18.9 Å². The van der Waals surface area contributed by atoms with Crippen LogP contribution in [0.5, 0.6) is 0 Å². The maximum Gasteiger partial charge on any atom is 0.490 e. The number of carbonyl (C=O) groups excluding carboxylic acids is 1. The van der Waals surface area contributed by atoms with Gasteiger partial charge < -0.3 is 39.1 Å². The van der Waals surface area contributed by atoms with Crippen LogP contribution in [-0.4, -0.2) is 77.4 Å². The first-order valence-corrected chi connectivity index (χ1v) is 21.4. The Morgan fingerprint density at radius 3 is 2.52 bits per heavy atom. The van der Waals surface area contributed by atoms with E-state index in [0.717, 1.165) is 36.7 Å². The molecular weight excluding hydrogens is 743 g/mol. The summed E-state index contributed by atoms with van der Waals surface area (Å²) in [4.78, 5) is 75.6. The van der Waals surface area contributed by atoms with Crippen molar-refractivity contribution < 1.29 is 65.4 Å². The zero-order valence-electron chi connectivity index (χ0n) is 26.2. The van der Waals surface area contributed by atoms with Crippen molar-refractivity contribution in [1.29, 1.82) is 0 Å². The lowest BCUT2D eigenvalue weighted by molar-refractivity contribution is -0.0543. The van der Waals surface area contributed by atoms with Gasteiger partial charge in [-0.05, 0) is 52.9 Å². The largest absolute Gasteiger partial charge is 0.490 e. The lowest BCUT2D eigenvalue weighted by Crippen LogP contribution is -2.38. The van der Waals surface area contributed by atoms with E-state index in [4.69, 9.17) is 28.5 Å². The molecule has 0 radical (unpaired) electrons. The van der Waals surface area contributed by atoms with E-state index in [1.165, 1.54) is 34.7 Å². The summed E-state index contributed by atoms with van der Waals surface area (Å²) >= 11 is 0. The van der Waals surface area contributed by atoms with E-state index in [9.17, 15) is 37.9 Å². The number of aryl methyl sites for hydroxylation is 1. The van der Waals surface area contributed by atoms with Gasteiger partial charge in [0, 0.05) is 29.5 Å². The lowest BCUT2D eigenvalue weighted by Gasteiger charge is -2.25. The van der Waals surface area contributed by atoms with E-state index < -0.39 is 70.6 Å². The van der Waals surface area contributed by atoms with Crippen LogP contribution < -0.4 is 16.6 Å². The molecule has 6 atom stereocenters. The van der Waals surface area contributed by atoms with Crippen molar-refractivity contribution in [1.82, 2.24) is 14.9 Å². The van der Waals surface area contributed by atoms with E-state index in [1.54, 1.807) is 0 Å². The van der Waals surface area contributed by atoms with Gasteiger partial charge in [-0.2, -0.15) is 8.62 Å². The summed E-state index contributed by atoms with van der Waals surface area (Å²) < 4.78 is 65.0. The van der Waals surface area contributed by atoms with Crippen LogP contribution >= 0.6 is 45.1 Å². The minimum Gasteiger partial charge on any atom is -0.446 e. The van der Waals surface area contributed by atoms with Gasteiger partial charge in [0.25, 0.3) is 5.56 Å². The van der Waals surface area contributed by atoms with Gasteiger partial charge in [-0.15, -0.1) is 0 Å². The van der Waals surface area contributed by atoms with Crippen molar-refractivity contribution in [3.8, 4) is 0 Å². The van der Waals surface area contributed by atoms with Crippen LogP contribution in [0.3, 0.4) is 0 Å². The predicted octanol–water partition coefficient (Wildman–Crippen LogP) is 3.59. The standard InChI is InChI=1S/C24H40N3O16P3S2/c1-16-12-27(22(29)26-21(16)28)20-11-18(19(41-20)13-39-45(34,35)43-46(36,37)42-44(31,32)33)38-15-47-48-24(2,3)14-25-23(30)40-17-9-7-5-4-6-8-10-17/h4-5,12,17-20H,6-11,13-15H2,1-3H3,(H,25,30)(H,34,35)(H,36,37)(H,26,28,29)(H2,31,32,33)/b5-4+/t17?,18-,19?,20-/m1/s1. The smallest absolute Gasteiger partial charge is 0.446 e. The van der Waals surface area contributed by atoms with Crippen LogP contribution in [0, 0.1) is 6.92 Å². The highest BCUT2D eigenvalue weighted by Crippen LogP contribution is 2.66. The Bertz CT molecular complexity index is 1550. The average molecular weight is 784 g/mol. The third-order valence-electron chi connectivity index (χ3n) is 6.72. The fourth-order valence-corrected chi connectivity index (χ4v) is 9.72. The Labute approximate surface area is 283 Å². The van der Waals surface area contributed by atoms with Crippen molar-refractivity contribution in [3.05, 3.63) is 44.8 Å². The van der Waals surface area contributed by atoms with Crippen molar-refractivity contribution in [2.24, 2.45) is 0 Å². The van der Waals surface area contributed by atoms with Crippen LogP contribution in [0.1, 0.15) is 64.2 Å². The molecule has 6 N–H and O–H groups in total. The van der Waals surface area contributed by atoms with Crippen LogP contribution in [0.15, 0.2) is 27.9 Å². The SMILES string of the molecule is Cc1cn([C@H]2C[C@@H](OCSSC(C)(C)CNC(=O)OC3CC/C=C/CCC3)C(COP(=O)(O)OP(=O)(O)OP(=O)(O)O)O2)c(=O)[nH]c1=O. The van der Waals surface area contributed by atoms with Crippen molar-refractivity contribution in [3.63, 3.8) is 0 Å². The molecule has 0 spiro atoms. The molecule has 0 saturated carbocycles. The number of hydrogen-bond acceptors (Lipinski definition) is 14. The number of nitrogens with zero attached hydrogens (tertiary/aromatic N) is 1. The van der Waals surface area contributed by atoms with Gasteiger partial charge in [-0.25, -0.2) is 23.3 Å². The maximum atomic E-state index is 12.5. The second kappa shape index (κ2) is 17.8. The molecule has 1 amide bonds. The molecular formula is C24H40N3O16P3S2. The molecule has 2 heterocycles. The van der Waals surface area contributed by atoms with E-state index >= 15 is 0 Å². The Kier molecular flexibility index (Phi) is 15.2. The highest BCUT2D eigenvalue weighted by molar-refractivity contribution is 8.77. The number of phosphoric ester groups is 1. The van der Waals surface area contributed by atoms with Crippen LogP contribution in [0.2, 0.25) is 0 Å². The summed E-state index contributed by atoms with van der Waals surface area (Å²) in [5, 5.41) is 2.79. The number of carbonyl (C=O) groups is 1. The van der Waals surface area contributed by atoms with Gasteiger partial charge >= 0.3 is 35.3 Å². The number of aromatic nitrogens is 2. The molecule has 1 fully saturated rings. The quantitative estimate of drug-likeness (QED) is 0.0459. The van der Waals surface area contributed by atoms with E-state index in [1.807, 2.05) is 13.8 Å². The van der Waals surface area contributed by atoms with Gasteiger partial charge in [-0.1, -0.05) is 33.7 Å². The number of aromatic amines is 1. The summed E-state index contributed by atoms with van der Waals surface area (Å²) in [6, 6.07) is 0. The Hall–Kier alpha value is -1.28. The average Bonchev–Trinajstić information content (AvgIpc) is 3.33. The lowest BCUT2D eigenvalue weighted by atomic mass is 10.0. The number of alkyl carbamates (subject to hydrolysis) is 1. The molecule has 274 valence electrons. The number of rotatable bonds is 16. The summed E-state index contributed by atoms with van der Waals surface area (Å²) in [6.45, 7) is 4.73. The molecule has 1 aromatic heterocycles. The fraction of sp³-hybridized carbons (Fsp3) is 0.708. The zero-order valence-corrected chi connectivity index (χ0v) is 30.5. The molecule has 1 aliphatic heterocycles. The van der Waals surface area contributed by atoms with Crippen LogP contribution in [-0.2, 0) is 41.1 Å². The maximum absolute atomic E-state index is 12.5. The molecule has 0 aromatic carbocycles. The second-order valence-electron chi connectivity index (χ2n) is 11.4. The van der Waals surface area contributed by atoms with Gasteiger partial charge in [0.05, 0.1) is 12.7 Å². The zero-order chi connectivity index (χ0) is 35.8. The molecule has 0 bridgehead atoms. The third kappa shape index (κ3) is 14.5. The summed E-state index contributed by atoms with van der Waals surface area (Å²) in [7, 11) is -14.1. The second-order valence-corrected chi connectivity index (χ2v) is 18.7. The van der Waals surface area contributed by atoms with Crippen LogP contribution in [0.4, 0.5) is 4.79 Å². The Morgan fingerprint density at radius 1 is 1.10 bits per heavy atom. The summed E-state index contributed by atoms with van der Waals surface area (Å²) in [6.07, 6.45) is 6.03. The number of nitrogens with one attached hydrogen (secondary N) is 2. The molecule has 1 aliphatic carbocycles. The highest BCUT2D eigenvalue weighted by Gasteiger charge is 2.43. The number of ether oxygens (including phenoxy) is 3. The van der Waals surface area contributed by atoms with Crippen molar-refractivity contribution in [2.45, 2.75) is 88.6 Å². The summed E-state index contributed by atoms with van der Waals surface area (Å²) in [5.41, 5.74) is -1.21. The van der Waals surface area contributed by atoms with E-state index in [0.29, 0.717) is 0 Å². The van der Waals surface area contributed by atoms with Crippen molar-refractivity contribution >= 4 is 51.1 Å². The Morgan fingerprint density at radius 2 is 1.81 bits per heavy atom. The number of H-pyrrole nitrogens is 1. The van der Waals surface area contributed by atoms with Crippen molar-refractivity contribution in [2.75, 3.05) is 19.1 Å². The molecule has 24 heteroatoms. The molecule has 4 unspecified atom stereocenters. The first kappa shape index (κ1) is 41.1. The minimum absolute atomic E-state index is 0.00517. The molecule has 19 nitrogen and oxygen atoms in total. The van der Waals surface area contributed by atoms with E-state index in [2.05, 4.69) is 31.1 Å². The van der Waals surface area contributed by atoms with Crippen LogP contribution in [0.25, 0.3) is 0 Å². The Balaban J connectivity index is 1.57. The number of amides is 1. The highest BCUT2D eigenvalue weighted by atomic mass is 33.1.